The van der Waals surface area contributed by atoms with Gasteiger partial charge in [-0.3, -0.25) is 14.5 Å². The number of amides is 4. The first-order chi connectivity index (χ1) is 13.5. The fraction of sp³-hybridized carbons (Fsp3) is 0.286. The number of hydrogen-bond acceptors (Lipinski definition) is 4. The van der Waals surface area contributed by atoms with Gasteiger partial charge in [0, 0.05) is 5.69 Å². The number of ether oxygens (including phenoxy) is 1. The van der Waals surface area contributed by atoms with Gasteiger partial charge in [-0.15, -0.1) is 0 Å². The third-order valence-corrected chi connectivity index (χ3v) is 4.72. The number of urea groups is 1. The van der Waals surface area contributed by atoms with Crippen molar-refractivity contribution in [3.8, 4) is 5.75 Å². The Bertz CT molecular complexity index is 867. The summed E-state index contributed by atoms with van der Waals surface area (Å²) in [6.45, 7) is 3.92. The van der Waals surface area contributed by atoms with Gasteiger partial charge in [0.25, 0.3) is 5.91 Å². The molecular weight excluding hydrogens is 358 g/mol. The van der Waals surface area contributed by atoms with Crippen LogP contribution in [0.25, 0.3) is 0 Å². The topological polar surface area (TPSA) is 87.7 Å². The van der Waals surface area contributed by atoms with Crippen LogP contribution in [-0.4, -0.2) is 35.9 Å². The number of rotatable bonds is 7. The van der Waals surface area contributed by atoms with Crippen LogP contribution >= 0.6 is 0 Å². The van der Waals surface area contributed by atoms with Gasteiger partial charge >= 0.3 is 6.03 Å². The highest BCUT2D eigenvalue weighted by Gasteiger charge is 2.51. The quantitative estimate of drug-likeness (QED) is 0.722. The Labute approximate surface area is 163 Å². The van der Waals surface area contributed by atoms with Crippen molar-refractivity contribution >= 4 is 23.5 Å². The second-order valence-electron chi connectivity index (χ2n) is 6.45. The molecule has 1 fully saturated rings. The number of imide groups is 1. The molecule has 4 amide bonds. The monoisotopic (exact) mass is 381 g/mol. The number of hydrogen-bond donors (Lipinski definition) is 2. The van der Waals surface area contributed by atoms with Crippen molar-refractivity contribution in [3.05, 3.63) is 60.2 Å². The van der Waals surface area contributed by atoms with Crippen molar-refractivity contribution < 1.29 is 19.1 Å². The number of benzene rings is 2. The van der Waals surface area contributed by atoms with E-state index in [-0.39, 0.29) is 6.54 Å². The van der Waals surface area contributed by atoms with Gasteiger partial charge in [0.2, 0.25) is 5.91 Å². The first-order valence-electron chi connectivity index (χ1n) is 9.22. The second-order valence-corrected chi connectivity index (χ2v) is 6.45. The van der Waals surface area contributed by atoms with E-state index in [0.29, 0.717) is 30.0 Å². The minimum Gasteiger partial charge on any atom is -0.494 e. The molecule has 7 heteroatoms. The van der Waals surface area contributed by atoms with E-state index in [4.69, 9.17) is 4.74 Å². The lowest BCUT2D eigenvalue weighted by atomic mass is 9.87. The van der Waals surface area contributed by atoms with E-state index < -0.39 is 23.4 Å². The standard InChI is InChI=1S/C21H23N3O4/c1-3-21(15-8-6-5-7-9-15)19(26)24(20(27)23-21)14-18(25)22-16-10-12-17(13-11-16)28-4-2/h5-13H,3-4,14H2,1-2H3,(H,22,25)(H,23,27)/t21-/m0/s1. The Hall–Kier alpha value is -3.35. The molecule has 0 aliphatic carbocycles. The fourth-order valence-electron chi connectivity index (χ4n) is 3.28. The highest BCUT2D eigenvalue weighted by atomic mass is 16.5. The van der Waals surface area contributed by atoms with E-state index in [2.05, 4.69) is 10.6 Å². The lowest BCUT2D eigenvalue weighted by Crippen LogP contribution is -2.44. The first-order valence-corrected chi connectivity index (χ1v) is 9.22. The predicted octanol–water partition coefficient (Wildman–Crippen LogP) is 2.88. The molecule has 28 heavy (non-hydrogen) atoms. The summed E-state index contributed by atoms with van der Waals surface area (Å²) < 4.78 is 5.36. The molecule has 0 spiro atoms. The maximum absolute atomic E-state index is 13.0. The third kappa shape index (κ3) is 3.69. The number of carbonyl (C=O) groups excluding carboxylic acids is 3. The summed E-state index contributed by atoms with van der Waals surface area (Å²) in [6.07, 6.45) is 0.387. The van der Waals surface area contributed by atoms with Crippen molar-refractivity contribution in [2.45, 2.75) is 25.8 Å². The van der Waals surface area contributed by atoms with Gasteiger partial charge < -0.3 is 15.4 Å². The van der Waals surface area contributed by atoms with E-state index in [9.17, 15) is 14.4 Å². The molecule has 1 aliphatic heterocycles. The predicted molar refractivity (Wildman–Crippen MR) is 105 cm³/mol. The zero-order valence-electron chi connectivity index (χ0n) is 15.9. The average Bonchev–Trinajstić information content (AvgIpc) is 2.95. The zero-order chi connectivity index (χ0) is 20.1. The second kappa shape index (κ2) is 8.12. The maximum Gasteiger partial charge on any atom is 0.325 e. The zero-order valence-corrected chi connectivity index (χ0v) is 15.9. The Kier molecular flexibility index (Phi) is 5.63. The molecule has 1 atom stereocenters. The van der Waals surface area contributed by atoms with Gasteiger partial charge in [0.1, 0.15) is 17.8 Å². The van der Waals surface area contributed by atoms with Crippen LogP contribution in [0.2, 0.25) is 0 Å². The van der Waals surface area contributed by atoms with Crippen LogP contribution in [-0.2, 0) is 15.1 Å². The van der Waals surface area contributed by atoms with Crippen molar-refractivity contribution in [1.82, 2.24) is 10.2 Å². The van der Waals surface area contributed by atoms with Gasteiger partial charge in [0.05, 0.1) is 6.61 Å². The molecule has 1 saturated heterocycles. The Morgan fingerprint density at radius 1 is 1.07 bits per heavy atom. The molecule has 1 aliphatic rings. The molecule has 3 rings (SSSR count). The van der Waals surface area contributed by atoms with Crippen molar-refractivity contribution in [3.63, 3.8) is 0 Å². The van der Waals surface area contributed by atoms with E-state index in [1.54, 1.807) is 36.4 Å². The molecular formula is C21H23N3O4. The van der Waals surface area contributed by atoms with E-state index in [0.717, 1.165) is 4.90 Å². The van der Waals surface area contributed by atoms with Gasteiger partial charge in [0.15, 0.2) is 0 Å². The highest BCUT2D eigenvalue weighted by molar-refractivity contribution is 6.10. The van der Waals surface area contributed by atoms with Crippen LogP contribution in [0.3, 0.4) is 0 Å². The molecule has 0 unspecified atom stereocenters. The van der Waals surface area contributed by atoms with Crippen molar-refractivity contribution in [2.75, 3.05) is 18.5 Å². The number of nitrogens with zero attached hydrogens (tertiary/aromatic N) is 1. The highest BCUT2D eigenvalue weighted by Crippen LogP contribution is 2.32. The molecule has 2 aromatic carbocycles. The minimum atomic E-state index is -1.14. The maximum atomic E-state index is 13.0. The minimum absolute atomic E-state index is 0.355. The normalized spacial score (nSPS) is 18.7. The number of anilines is 1. The Balaban J connectivity index is 1.71. The van der Waals surface area contributed by atoms with Gasteiger partial charge in [-0.2, -0.15) is 0 Å². The molecule has 2 N–H and O–H groups in total. The molecule has 0 aromatic heterocycles. The fourth-order valence-corrected chi connectivity index (χ4v) is 3.28. The van der Waals surface area contributed by atoms with Crippen LogP contribution in [0.4, 0.5) is 10.5 Å². The van der Waals surface area contributed by atoms with Gasteiger partial charge in [-0.1, -0.05) is 37.3 Å². The molecule has 0 bridgehead atoms. The number of nitrogens with one attached hydrogen (secondary N) is 2. The molecule has 0 radical (unpaired) electrons. The number of carbonyl (C=O) groups is 3. The van der Waals surface area contributed by atoms with Gasteiger partial charge in [-0.25, -0.2) is 4.79 Å². The summed E-state index contributed by atoms with van der Waals surface area (Å²) in [6, 6.07) is 15.4. The lowest BCUT2D eigenvalue weighted by molar-refractivity contribution is -0.134. The van der Waals surface area contributed by atoms with Crippen LogP contribution in [0, 0.1) is 0 Å². The van der Waals surface area contributed by atoms with E-state index in [1.165, 1.54) is 0 Å². The Morgan fingerprint density at radius 3 is 2.36 bits per heavy atom. The summed E-state index contributed by atoms with van der Waals surface area (Å²) in [5.74, 6) is -0.175. The third-order valence-electron chi connectivity index (χ3n) is 4.72. The van der Waals surface area contributed by atoms with Crippen molar-refractivity contribution in [1.29, 1.82) is 0 Å². The summed E-state index contributed by atoms with van der Waals surface area (Å²) in [7, 11) is 0. The largest absolute Gasteiger partial charge is 0.494 e. The first kappa shape index (κ1) is 19.4. The molecule has 0 saturated carbocycles. The SMILES string of the molecule is CCOc1ccc(NC(=O)CN2C(=O)N[C@@](CC)(c3ccccc3)C2=O)cc1. The van der Waals surface area contributed by atoms with Crippen LogP contribution < -0.4 is 15.4 Å². The van der Waals surface area contributed by atoms with E-state index in [1.807, 2.05) is 32.0 Å². The van der Waals surface area contributed by atoms with Crippen LogP contribution in [0.15, 0.2) is 54.6 Å². The average molecular weight is 381 g/mol. The summed E-state index contributed by atoms with van der Waals surface area (Å²) >= 11 is 0. The van der Waals surface area contributed by atoms with Crippen molar-refractivity contribution in [2.24, 2.45) is 0 Å². The molecule has 2 aromatic rings. The smallest absolute Gasteiger partial charge is 0.325 e. The molecule has 146 valence electrons. The summed E-state index contributed by atoms with van der Waals surface area (Å²) in [5.41, 5.74) is 0.119. The summed E-state index contributed by atoms with van der Waals surface area (Å²) in [4.78, 5) is 38.8. The summed E-state index contributed by atoms with van der Waals surface area (Å²) in [5, 5.41) is 5.46. The van der Waals surface area contributed by atoms with Gasteiger partial charge in [-0.05, 0) is 43.2 Å². The lowest BCUT2D eigenvalue weighted by Gasteiger charge is -2.25. The van der Waals surface area contributed by atoms with E-state index >= 15 is 0 Å². The molecule has 1 heterocycles. The Morgan fingerprint density at radius 2 is 1.75 bits per heavy atom. The van der Waals surface area contributed by atoms with Crippen LogP contribution in [0.1, 0.15) is 25.8 Å². The van der Waals surface area contributed by atoms with Crippen LogP contribution in [0.5, 0.6) is 5.75 Å². The molecule has 7 nitrogen and oxygen atoms in total.